The van der Waals surface area contributed by atoms with E-state index in [-0.39, 0.29) is 23.7 Å². The molecule has 0 radical (unpaired) electrons. The average Bonchev–Trinajstić information content (AvgIpc) is 2.93. The normalized spacial score (nSPS) is 14.9. The summed E-state index contributed by atoms with van der Waals surface area (Å²) < 4.78 is 17.9. The van der Waals surface area contributed by atoms with Crippen LogP contribution in [0.25, 0.3) is 0 Å². The molecule has 1 aliphatic heterocycles. The lowest BCUT2D eigenvalue weighted by Gasteiger charge is -2.23. The van der Waals surface area contributed by atoms with Gasteiger partial charge in [0.05, 0.1) is 23.2 Å². The highest BCUT2D eigenvalue weighted by atomic mass is 35.5. The lowest BCUT2D eigenvalue weighted by atomic mass is 10.1. The Morgan fingerprint density at radius 3 is 2.58 bits per heavy atom. The van der Waals surface area contributed by atoms with E-state index in [4.69, 9.17) is 16.3 Å². The number of nitrogens with zero attached hydrogens (tertiary/aromatic N) is 1. The lowest BCUT2D eigenvalue weighted by Crippen LogP contribution is -2.40. The molecule has 2 aromatic rings. The van der Waals surface area contributed by atoms with Gasteiger partial charge in [-0.2, -0.15) is 0 Å². The Morgan fingerprint density at radius 1 is 1.23 bits per heavy atom. The van der Waals surface area contributed by atoms with E-state index in [1.807, 2.05) is 0 Å². The third kappa shape index (κ3) is 3.83. The number of cyclic esters (lactones) is 1. The molecule has 1 fully saturated rings. The van der Waals surface area contributed by atoms with Gasteiger partial charge in [0.1, 0.15) is 5.82 Å². The molecule has 6 nitrogen and oxygen atoms in total. The van der Waals surface area contributed by atoms with Gasteiger partial charge >= 0.3 is 6.09 Å². The van der Waals surface area contributed by atoms with Gasteiger partial charge in [-0.1, -0.05) is 41.9 Å². The summed E-state index contributed by atoms with van der Waals surface area (Å²) in [6.07, 6.45) is -0.759. The zero-order valence-corrected chi connectivity index (χ0v) is 14.2. The molecule has 0 aliphatic carbocycles. The highest BCUT2D eigenvalue weighted by Crippen LogP contribution is 2.21. The fourth-order valence-electron chi connectivity index (χ4n) is 2.57. The smallest absolute Gasteiger partial charge is 0.417 e. The molecule has 3 amide bonds. The summed E-state index contributed by atoms with van der Waals surface area (Å²) >= 11 is 5.93. The van der Waals surface area contributed by atoms with Crippen LogP contribution < -0.4 is 5.32 Å². The van der Waals surface area contributed by atoms with Gasteiger partial charge in [-0.15, -0.1) is 0 Å². The number of hydrogen-bond acceptors (Lipinski definition) is 4. The Hall–Kier alpha value is -2.93. The van der Waals surface area contributed by atoms with Crippen molar-refractivity contribution >= 4 is 29.5 Å². The lowest BCUT2D eigenvalue weighted by molar-refractivity contribution is -0.126. The van der Waals surface area contributed by atoms with E-state index in [1.165, 1.54) is 6.07 Å². The van der Waals surface area contributed by atoms with Gasteiger partial charge in [0.25, 0.3) is 11.8 Å². The minimum atomic E-state index is -0.759. The second kappa shape index (κ2) is 7.53. The Labute approximate surface area is 153 Å². The van der Waals surface area contributed by atoms with Gasteiger partial charge in [-0.25, -0.2) is 14.1 Å². The molecule has 8 heteroatoms. The number of carbonyl (C=O) groups excluding carboxylic acids is 3. The summed E-state index contributed by atoms with van der Waals surface area (Å²) in [7, 11) is 0. The predicted molar refractivity (Wildman–Crippen MR) is 91.1 cm³/mol. The van der Waals surface area contributed by atoms with E-state index in [1.54, 1.807) is 30.3 Å². The van der Waals surface area contributed by atoms with E-state index < -0.39 is 29.8 Å². The Bertz CT molecular complexity index is 844. The maximum absolute atomic E-state index is 13.2. The van der Waals surface area contributed by atoms with E-state index >= 15 is 0 Å². The molecule has 0 aromatic heterocycles. The van der Waals surface area contributed by atoms with Crippen molar-refractivity contribution in [3.63, 3.8) is 0 Å². The fourth-order valence-corrected chi connectivity index (χ4v) is 2.82. The number of imide groups is 1. The molecule has 1 heterocycles. The highest BCUT2D eigenvalue weighted by Gasteiger charge is 2.34. The first kappa shape index (κ1) is 17.9. The van der Waals surface area contributed by atoms with Gasteiger partial charge in [-0.05, 0) is 23.8 Å². The molecular weight excluding hydrogens is 363 g/mol. The van der Waals surface area contributed by atoms with Crippen molar-refractivity contribution in [3.8, 4) is 0 Å². The van der Waals surface area contributed by atoms with Crippen LogP contribution in [0.5, 0.6) is 0 Å². The molecule has 1 aliphatic rings. The molecule has 1 saturated heterocycles. The molecule has 1 atom stereocenters. The minimum absolute atomic E-state index is 0.0361. The fraction of sp³-hybridized carbons (Fsp3) is 0.167. The van der Waals surface area contributed by atoms with Gasteiger partial charge in [-0.3, -0.25) is 9.59 Å². The van der Waals surface area contributed by atoms with E-state index in [0.29, 0.717) is 5.56 Å². The largest absolute Gasteiger partial charge is 0.439 e. The maximum Gasteiger partial charge on any atom is 0.417 e. The van der Waals surface area contributed by atoms with Crippen molar-refractivity contribution in [1.29, 1.82) is 0 Å². The van der Waals surface area contributed by atoms with Crippen LogP contribution in [0.4, 0.5) is 9.18 Å². The van der Waals surface area contributed by atoms with E-state index in [0.717, 1.165) is 17.0 Å². The number of nitrogens with one attached hydrogen (secondary N) is 1. The third-order valence-electron chi connectivity index (χ3n) is 3.89. The summed E-state index contributed by atoms with van der Waals surface area (Å²) in [4.78, 5) is 37.0. The third-order valence-corrected chi connectivity index (χ3v) is 4.20. The number of benzene rings is 2. The quantitative estimate of drug-likeness (QED) is 0.870. The molecule has 2 aromatic carbocycles. The first-order valence-corrected chi connectivity index (χ1v) is 8.11. The number of rotatable bonds is 5. The van der Waals surface area contributed by atoms with Crippen LogP contribution in [-0.4, -0.2) is 36.0 Å². The van der Waals surface area contributed by atoms with E-state index in [2.05, 4.69) is 5.32 Å². The molecule has 0 saturated carbocycles. The summed E-state index contributed by atoms with van der Waals surface area (Å²) in [6.45, 7) is -0.412. The van der Waals surface area contributed by atoms with Gasteiger partial charge < -0.3 is 10.1 Å². The van der Waals surface area contributed by atoms with Gasteiger partial charge in [0, 0.05) is 0 Å². The first-order valence-electron chi connectivity index (χ1n) is 7.73. The SMILES string of the molecule is O=C(N[C@H](CN1C(=O)COC1=O)c1ccccc1)c1ccc(F)cc1Cl. The molecule has 0 unspecified atom stereocenters. The van der Waals surface area contributed by atoms with E-state index in [9.17, 15) is 18.8 Å². The molecule has 0 spiro atoms. The van der Waals surface area contributed by atoms with Crippen LogP contribution in [0.15, 0.2) is 48.5 Å². The summed E-state index contributed by atoms with van der Waals surface area (Å²) in [5, 5.41) is 2.69. The standard InChI is InChI=1S/C18H14ClFN2O4/c19-14-8-12(20)6-7-13(14)17(24)21-15(11-4-2-1-3-5-11)9-22-16(23)10-26-18(22)25/h1-8,15H,9-10H2,(H,21,24)/t15-/m1/s1. The van der Waals surface area contributed by atoms with Crippen molar-refractivity contribution < 1.29 is 23.5 Å². The average molecular weight is 377 g/mol. The maximum atomic E-state index is 13.2. The van der Waals surface area contributed by atoms with Gasteiger partial charge in [0.2, 0.25) is 0 Å². The van der Waals surface area contributed by atoms with Crippen molar-refractivity contribution in [3.05, 3.63) is 70.5 Å². The Balaban J connectivity index is 1.85. The molecule has 3 rings (SSSR count). The topological polar surface area (TPSA) is 75.7 Å². The predicted octanol–water partition coefficient (Wildman–Crippen LogP) is 2.93. The Morgan fingerprint density at radius 2 is 1.96 bits per heavy atom. The monoisotopic (exact) mass is 376 g/mol. The van der Waals surface area contributed by atoms with Crippen LogP contribution in [0.2, 0.25) is 5.02 Å². The summed E-state index contributed by atoms with van der Waals surface area (Å²) in [5.41, 5.74) is 0.774. The molecular formula is C18H14ClFN2O4. The second-order valence-electron chi connectivity index (χ2n) is 5.62. The number of carbonyl (C=O) groups is 3. The molecule has 134 valence electrons. The number of ether oxygens (including phenoxy) is 1. The minimum Gasteiger partial charge on any atom is -0.439 e. The molecule has 26 heavy (non-hydrogen) atoms. The highest BCUT2D eigenvalue weighted by molar-refractivity contribution is 6.33. The summed E-state index contributed by atoms with van der Waals surface area (Å²) in [5.74, 6) is -1.59. The van der Waals surface area contributed by atoms with Crippen molar-refractivity contribution in [1.82, 2.24) is 10.2 Å². The van der Waals surface area contributed by atoms with Crippen LogP contribution >= 0.6 is 11.6 Å². The van der Waals surface area contributed by atoms with Gasteiger partial charge in [0.15, 0.2) is 6.61 Å². The van der Waals surface area contributed by atoms with Crippen molar-refractivity contribution in [2.75, 3.05) is 13.2 Å². The van der Waals surface area contributed by atoms with Crippen molar-refractivity contribution in [2.24, 2.45) is 0 Å². The van der Waals surface area contributed by atoms with Crippen LogP contribution in [-0.2, 0) is 9.53 Å². The van der Waals surface area contributed by atoms with Crippen LogP contribution in [0.1, 0.15) is 22.0 Å². The van der Waals surface area contributed by atoms with Crippen LogP contribution in [0.3, 0.4) is 0 Å². The zero-order chi connectivity index (χ0) is 18.7. The first-order chi connectivity index (χ1) is 12.5. The number of halogens is 2. The molecule has 1 N–H and O–H groups in total. The second-order valence-corrected chi connectivity index (χ2v) is 6.03. The van der Waals surface area contributed by atoms with Crippen LogP contribution in [0, 0.1) is 5.82 Å². The zero-order valence-electron chi connectivity index (χ0n) is 13.4. The summed E-state index contributed by atoms with van der Waals surface area (Å²) in [6, 6.07) is 11.6. The van der Waals surface area contributed by atoms with Crippen molar-refractivity contribution in [2.45, 2.75) is 6.04 Å². The molecule has 0 bridgehead atoms. The number of hydrogen-bond donors (Lipinski definition) is 1. The Kier molecular flexibility index (Phi) is 5.18. The number of amides is 3.